The van der Waals surface area contributed by atoms with Crippen molar-refractivity contribution in [1.29, 1.82) is 0 Å². The molecule has 1 saturated heterocycles. The number of hydrogen-bond acceptors (Lipinski definition) is 6. The van der Waals surface area contributed by atoms with Gasteiger partial charge in [0.15, 0.2) is 0 Å². The van der Waals surface area contributed by atoms with Gasteiger partial charge in [0.1, 0.15) is 17.2 Å². The van der Waals surface area contributed by atoms with Crippen molar-refractivity contribution >= 4 is 11.9 Å². The van der Waals surface area contributed by atoms with Crippen LogP contribution in [-0.4, -0.2) is 49.2 Å². The zero-order valence-corrected chi connectivity index (χ0v) is 22.3. The van der Waals surface area contributed by atoms with Crippen molar-refractivity contribution in [2.75, 3.05) is 26.7 Å². The molecule has 2 aromatic rings. The first-order chi connectivity index (χ1) is 18.1. The molecule has 8 heteroatoms. The summed E-state index contributed by atoms with van der Waals surface area (Å²) in [6.45, 7) is 7.55. The Morgan fingerprint density at radius 1 is 0.947 bits per heavy atom. The van der Waals surface area contributed by atoms with Gasteiger partial charge in [-0.05, 0) is 69.1 Å². The summed E-state index contributed by atoms with van der Waals surface area (Å²) in [6.07, 6.45) is 1.57. The second kappa shape index (κ2) is 11.5. The second-order valence-electron chi connectivity index (χ2n) is 10.3. The molecule has 0 unspecified atom stereocenters. The van der Waals surface area contributed by atoms with E-state index in [4.69, 9.17) is 9.47 Å². The number of rotatable bonds is 8. The summed E-state index contributed by atoms with van der Waals surface area (Å²) in [5, 5.41) is 3.09. The molecule has 0 aromatic heterocycles. The summed E-state index contributed by atoms with van der Waals surface area (Å²) in [7, 11) is 1.32. The Morgan fingerprint density at radius 3 is 2.00 bits per heavy atom. The van der Waals surface area contributed by atoms with Crippen LogP contribution in [0.25, 0.3) is 0 Å². The topological polar surface area (TPSA) is 67.9 Å². The Bertz CT molecular complexity index is 1210. The predicted molar refractivity (Wildman–Crippen MR) is 140 cm³/mol. The van der Waals surface area contributed by atoms with E-state index in [1.807, 2.05) is 6.92 Å². The smallest absolute Gasteiger partial charge is 0.336 e. The van der Waals surface area contributed by atoms with Crippen LogP contribution >= 0.6 is 0 Å². The molecule has 2 aromatic carbocycles. The Labute approximate surface area is 222 Å². The van der Waals surface area contributed by atoms with Crippen molar-refractivity contribution in [1.82, 2.24) is 10.2 Å². The van der Waals surface area contributed by atoms with E-state index in [0.717, 1.165) is 30.6 Å². The lowest BCUT2D eigenvalue weighted by Crippen LogP contribution is -2.37. The van der Waals surface area contributed by atoms with Crippen LogP contribution in [0.15, 0.2) is 71.1 Å². The highest BCUT2D eigenvalue weighted by atomic mass is 19.1. The predicted octanol–water partition coefficient (Wildman–Crippen LogP) is 5.21. The highest BCUT2D eigenvalue weighted by Gasteiger charge is 2.39. The maximum Gasteiger partial charge on any atom is 0.336 e. The van der Waals surface area contributed by atoms with Gasteiger partial charge in [-0.3, -0.25) is 4.90 Å². The van der Waals surface area contributed by atoms with Gasteiger partial charge in [0.05, 0.1) is 18.3 Å². The molecular formula is C30H34F2N2O4. The van der Waals surface area contributed by atoms with Gasteiger partial charge in [-0.15, -0.1) is 0 Å². The van der Waals surface area contributed by atoms with Gasteiger partial charge in [0.2, 0.25) is 0 Å². The molecule has 1 atom stereocenters. The molecule has 202 valence electrons. The summed E-state index contributed by atoms with van der Waals surface area (Å²) in [6, 6.07) is 12.8. The standard InChI is InChI=1S/C30H34F2N2O4/c1-19-26(28(35)37-4)17-27(20(2)33-19)29(36)38-30(3)14-16-34(18-30)15-13-25(21-5-9-23(31)10-6-21)22-7-11-24(32)12-8-22/h5-12,25,33H,13-18H2,1-4H3/t30-/m1/s1. The summed E-state index contributed by atoms with van der Waals surface area (Å²) in [5.74, 6) is -1.54. The molecule has 6 nitrogen and oxygen atoms in total. The number of carbonyl (C=O) groups excluding carboxylic acids is 2. The van der Waals surface area contributed by atoms with Gasteiger partial charge in [-0.1, -0.05) is 24.3 Å². The van der Waals surface area contributed by atoms with E-state index >= 15 is 0 Å². The third kappa shape index (κ3) is 6.30. The van der Waals surface area contributed by atoms with Crippen LogP contribution < -0.4 is 5.32 Å². The number of esters is 2. The van der Waals surface area contributed by atoms with Crippen molar-refractivity contribution in [2.45, 2.75) is 51.6 Å². The van der Waals surface area contributed by atoms with Crippen LogP contribution in [0.2, 0.25) is 0 Å². The molecule has 0 bridgehead atoms. The third-order valence-electron chi connectivity index (χ3n) is 7.44. The van der Waals surface area contributed by atoms with E-state index in [1.165, 1.54) is 31.4 Å². The van der Waals surface area contributed by atoms with Gasteiger partial charge < -0.3 is 14.8 Å². The van der Waals surface area contributed by atoms with Crippen LogP contribution in [-0.2, 0) is 19.1 Å². The molecule has 4 rings (SSSR count). The molecule has 0 aliphatic carbocycles. The maximum absolute atomic E-state index is 13.6. The fraction of sp³-hybridized carbons (Fsp3) is 0.400. The molecular weight excluding hydrogens is 490 g/mol. The number of likely N-dealkylation sites (tertiary alicyclic amines) is 1. The molecule has 0 saturated carbocycles. The van der Waals surface area contributed by atoms with Crippen LogP contribution in [0.5, 0.6) is 0 Å². The molecule has 38 heavy (non-hydrogen) atoms. The molecule has 1 N–H and O–H groups in total. The van der Waals surface area contributed by atoms with Crippen molar-refractivity contribution in [3.63, 3.8) is 0 Å². The number of nitrogens with one attached hydrogen (secondary N) is 1. The molecule has 1 fully saturated rings. The monoisotopic (exact) mass is 524 g/mol. The van der Waals surface area contributed by atoms with Gasteiger partial charge in [-0.25, -0.2) is 18.4 Å². The quantitative estimate of drug-likeness (QED) is 0.479. The lowest BCUT2D eigenvalue weighted by Gasteiger charge is -2.28. The zero-order valence-electron chi connectivity index (χ0n) is 22.3. The number of nitrogens with zero attached hydrogens (tertiary/aromatic N) is 1. The number of ether oxygens (including phenoxy) is 2. The fourth-order valence-corrected chi connectivity index (χ4v) is 5.26. The van der Waals surface area contributed by atoms with Crippen molar-refractivity contribution < 1.29 is 27.8 Å². The molecule has 2 heterocycles. The van der Waals surface area contributed by atoms with Gasteiger partial charge in [0, 0.05) is 43.2 Å². The minimum Gasteiger partial charge on any atom is -0.466 e. The summed E-state index contributed by atoms with van der Waals surface area (Å²) >= 11 is 0. The number of hydrogen-bond donors (Lipinski definition) is 1. The van der Waals surface area contributed by atoms with E-state index in [2.05, 4.69) is 10.2 Å². The molecule has 0 amide bonds. The van der Waals surface area contributed by atoms with E-state index in [-0.39, 0.29) is 24.0 Å². The van der Waals surface area contributed by atoms with Gasteiger partial charge >= 0.3 is 11.9 Å². The van der Waals surface area contributed by atoms with Gasteiger partial charge in [0.25, 0.3) is 0 Å². The Kier molecular flexibility index (Phi) is 8.31. The lowest BCUT2D eigenvalue weighted by molar-refractivity contribution is -0.152. The van der Waals surface area contributed by atoms with E-state index < -0.39 is 17.5 Å². The number of benzene rings is 2. The third-order valence-corrected chi connectivity index (χ3v) is 7.44. The summed E-state index contributed by atoms with van der Waals surface area (Å²) in [4.78, 5) is 27.5. The summed E-state index contributed by atoms with van der Waals surface area (Å²) in [5.41, 5.74) is 3.42. The van der Waals surface area contributed by atoms with E-state index in [9.17, 15) is 18.4 Å². The first-order valence-corrected chi connectivity index (χ1v) is 12.8. The minimum absolute atomic E-state index is 0.0292. The molecule has 0 spiro atoms. The number of carbonyl (C=O) groups is 2. The molecule has 2 aliphatic rings. The zero-order chi connectivity index (χ0) is 27.4. The minimum atomic E-state index is -0.673. The van der Waals surface area contributed by atoms with Crippen LogP contribution in [0, 0.1) is 11.6 Å². The largest absolute Gasteiger partial charge is 0.466 e. The maximum atomic E-state index is 13.6. The molecule has 0 radical (unpaired) electrons. The molecule has 2 aliphatic heterocycles. The first-order valence-electron chi connectivity index (χ1n) is 12.8. The Balaban J connectivity index is 1.40. The average Bonchev–Trinajstić information content (AvgIpc) is 3.25. The van der Waals surface area contributed by atoms with Crippen molar-refractivity contribution in [3.8, 4) is 0 Å². The van der Waals surface area contributed by atoms with E-state index in [0.29, 0.717) is 35.5 Å². The first kappa shape index (κ1) is 27.5. The average molecular weight is 525 g/mol. The van der Waals surface area contributed by atoms with Gasteiger partial charge in [-0.2, -0.15) is 0 Å². The Hall–Kier alpha value is -3.52. The van der Waals surface area contributed by atoms with Crippen LogP contribution in [0.3, 0.4) is 0 Å². The number of methoxy groups -OCH3 is 1. The number of halogens is 2. The lowest BCUT2D eigenvalue weighted by atomic mass is 9.88. The van der Waals surface area contributed by atoms with Crippen LogP contribution in [0.1, 0.15) is 57.1 Å². The van der Waals surface area contributed by atoms with Crippen LogP contribution in [0.4, 0.5) is 8.78 Å². The highest BCUT2D eigenvalue weighted by molar-refractivity contribution is 5.96. The summed E-state index contributed by atoms with van der Waals surface area (Å²) < 4.78 is 38.0. The van der Waals surface area contributed by atoms with Crippen molar-refractivity contribution in [2.24, 2.45) is 0 Å². The normalized spacial score (nSPS) is 20.1. The second-order valence-corrected chi connectivity index (χ2v) is 10.3. The fourth-order valence-electron chi connectivity index (χ4n) is 5.26. The SMILES string of the molecule is COC(=O)C1=C(C)NC(C)=C(C(=O)O[C@]2(C)CCN(CCC(c3ccc(F)cc3)c3ccc(F)cc3)C2)C1. The number of allylic oxidation sites excluding steroid dienone is 2. The van der Waals surface area contributed by atoms with E-state index in [1.54, 1.807) is 38.1 Å². The van der Waals surface area contributed by atoms with Crippen molar-refractivity contribution in [3.05, 3.63) is 93.8 Å². The number of dihydropyridines is 1. The Morgan fingerprint density at radius 2 is 1.47 bits per heavy atom. The highest BCUT2D eigenvalue weighted by Crippen LogP contribution is 2.33.